The number of rotatable bonds is 18. The van der Waals surface area contributed by atoms with Crippen LogP contribution in [0.25, 0.3) is 0 Å². The Bertz CT molecular complexity index is 4760. The predicted molar refractivity (Wildman–Crippen MR) is 472 cm³/mol. The maximum absolute atomic E-state index is 16.6. The van der Waals surface area contributed by atoms with E-state index < -0.39 is 61.6 Å². The second-order valence-corrected chi connectivity index (χ2v) is 45.1. The maximum atomic E-state index is 16.6. The molecule has 0 heterocycles. The van der Waals surface area contributed by atoms with E-state index in [-0.39, 0.29) is 45.7 Å². The van der Waals surface area contributed by atoms with Gasteiger partial charge in [0.25, 0.3) is 0 Å². The maximum Gasteiger partial charge on any atom is 1.00 e. The molecule has 0 atom stereocenters. The molecule has 0 saturated carbocycles. The molecule has 116 heavy (non-hydrogen) atoms. The first-order valence-electron chi connectivity index (χ1n) is 35.6. The van der Waals surface area contributed by atoms with Crippen molar-refractivity contribution in [1.29, 1.82) is 0 Å². The minimum atomic E-state index is -10.7. The van der Waals surface area contributed by atoms with E-state index in [4.69, 9.17) is 0 Å². The monoisotopic (exact) mass is 1830 g/mol. The standard InChI is InChI=1S/2C42H33OP3.2C3H6O.2Cu.2F6P/c2*43-46(38-28-14-5-15-29-38,41-32-18-16-30-39(41)44(34-20-6-1-7-21-34)35-22-8-2-9-23-35)42-33-19-17-31-40(42)45(36-24-10-3-11-25-36)37-26-12-4-13-27-37;2*1-3(2)4;;;2*1-7(2,3,4,5)6/h2*1-33H;2*1-2H3;;;;/q;;;;2*+1;2*-1/p+4. The first-order chi connectivity index (χ1) is 53.9. The van der Waals surface area contributed by atoms with Crippen molar-refractivity contribution in [3.05, 3.63) is 400 Å². The van der Waals surface area contributed by atoms with Crippen LogP contribution in [0.5, 0.6) is 0 Å². The summed E-state index contributed by atoms with van der Waals surface area (Å²) in [6, 6.07) is 141. The molecule has 0 spiro atoms. The predicted octanol–water partition coefficient (Wildman–Crippen LogP) is 20.6. The van der Waals surface area contributed by atoms with Crippen molar-refractivity contribution < 1.29 is 103 Å². The van der Waals surface area contributed by atoms with Crippen LogP contribution in [-0.2, 0) is 52.9 Å². The second-order valence-electron chi connectivity index (χ2n) is 26.1. The normalized spacial score (nSPS) is 12.4. The topological polar surface area (TPSA) is 68.3 Å². The molecule has 14 aromatic rings. The van der Waals surface area contributed by atoms with Crippen molar-refractivity contribution >= 4 is 169 Å². The molecule has 608 valence electrons. The Morgan fingerprint density at radius 1 is 0.207 bits per heavy atom. The van der Waals surface area contributed by atoms with Crippen molar-refractivity contribution in [2.75, 3.05) is 0 Å². The number of halogens is 12. The summed E-state index contributed by atoms with van der Waals surface area (Å²) in [5.74, 6) is 0.333. The smallest absolute Gasteiger partial charge is 0.308 e. The summed E-state index contributed by atoms with van der Waals surface area (Å²) < 4.78 is 152. The van der Waals surface area contributed by atoms with E-state index >= 15 is 9.13 Å². The Balaban J connectivity index is 0.000000252. The summed E-state index contributed by atoms with van der Waals surface area (Å²) in [6.07, 6.45) is 0. The van der Waals surface area contributed by atoms with Gasteiger partial charge in [-0.15, -0.1) is 0 Å². The zero-order valence-electron chi connectivity index (χ0n) is 62.7. The first kappa shape index (κ1) is 94.8. The van der Waals surface area contributed by atoms with Crippen LogP contribution in [0.3, 0.4) is 0 Å². The van der Waals surface area contributed by atoms with Crippen molar-refractivity contribution in [1.82, 2.24) is 0 Å². The number of ketones is 2. The molecule has 0 amide bonds. The van der Waals surface area contributed by atoms with Crippen LogP contribution in [0.2, 0.25) is 0 Å². The van der Waals surface area contributed by atoms with Gasteiger partial charge in [-0.3, -0.25) is 0 Å². The molecule has 0 aromatic heterocycles. The van der Waals surface area contributed by atoms with Gasteiger partial charge in [0.2, 0.25) is 0 Å². The molecule has 14 aromatic carbocycles. The van der Waals surface area contributed by atoms with Crippen LogP contribution >= 0.6 is 61.6 Å². The van der Waals surface area contributed by atoms with Crippen molar-refractivity contribution in [2.24, 2.45) is 0 Å². The summed E-state index contributed by atoms with van der Waals surface area (Å²) in [4.78, 5) is 18.9. The molecule has 0 unspecified atom stereocenters. The van der Waals surface area contributed by atoms with E-state index in [0.717, 1.165) is 31.8 Å². The average molecular weight is 1830 g/mol. The minimum absolute atomic E-state index is 0. The van der Waals surface area contributed by atoms with Gasteiger partial charge >= 0.3 is 100 Å². The van der Waals surface area contributed by atoms with E-state index in [9.17, 15) is 60.0 Å². The third-order valence-electron chi connectivity index (χ3n) is 16.8. The molecule has 26 heteroatoms. The molecule has 0 aliphatic heterocycles. The number of hydrogen-bond acceptors (Lipinski definition) is 4. The van der Waals surface area contributed by atoms with Gasteiger partial charge in [-0.05, 0) is 173 Å². The summed E-state index contributed by atoms with van der Waals surface area (Å²) in [7, 11) is -34.1. The summed E-state index contributed by atoms with van der Waals surface area (Å²) in [6.45, 7) is 6.11. The quantitative estimate of drug-likeness (QED) is 0.0488. The van der Waals surface area contributed by atoms with Crippen LogP contribution in [0, 0.1) is 0 Å². The second kappa shape index (κ2) is 40.4. The fraction of sp³-hybridized carbons (Fsp3) is 0.0444. The Kier molecular flexibility index (Phi) is 33.0. The van der Waals surface area contributed by atoms with E-state index in [2.05, 4.69) is 364 Å². The van der Waals surface area contributed by atoms with Crippen molar-refractivity contribution in [2.45, 2.75) is 27.7 Å². The molecule has 0 bridgehead atoms. The summed E-state index contributed by atoms with van der Waals surface area (Å²) in [5, 5.41) is 20.3. The molecule has 0 N–H and O–H groups in total. The van der Waals surface area contributed by atoms with Gasteiger partial charge in [-0.1, -0.05) is 255 Å². The van der Waals surface area contributed by atoms with E-state index in [0.29, 0.717) is 0 Å². The van der Waals surface area contributed by atoms with Crippen molar-refractivity contribution in [3.8, 4) is 0 Å². The van der Waals surface area contributed by atoms with Crippen molar-refractivity contribution in [3.63, 3.8) is 0 Å². The zero-order chi connectivity index (χ0) is 82.3. The third kappa shape index (κ3) is 29.0. The van der Waals surface area contributed by atoms with Gasteiger partial charge in [0.15, 0.2) is 14.3 Å². The number of carbonyl (C=O) groups excluding carboxylic acids is 2. The number of Topliss-reactive ketones (excluding diaryl/α,β-unsaturated/α-hetero) is 2. The zero-order valence-corrected chi connectivity index (χ0v) is 72.1. The Morgan fingerprint density at radius 2 is 0.310 bits per heavy atom. The molecular formula is C90H82Cu2F12O4P8+4. The first-order valence-corrected chi connectivity index (χ1v) is 49.0. The molecule has 4 nitrogen and oxygen atoms in total. The Labute approximate surface area is 694 Å². The van der Waals surface area contributed by atoms with Gasteiger partial charge in [0, 0.05) is 10.6 Å². The number of hydrogen-bond donors (Lipinski definition) is 0. The number of benzene rings is 14. The van der Waals surface area contributed by atoms with Gasteiger partial charge in [-0.25, -0.2) is 0 Å². The van der Waals surface area contributed by atoms with Gasteiger partial charge < -0.3 is 18.7 Å². The summed E-state index contributed by atoms with van der Waals surface area (Å²) >= 11 is 0. The molecule has 0 aliphatic rings. The molecule has 14 rings (SSSR count). The fourth-order valence-electron chi connectivity index (χ4n) is 12.7. The van der Waals surface area contributed by atoms with Crippen LogP contribution in [0.4, 0.5) is 50.4 Å². The average Bonchev–Trinajstić information content (AvgIpc) is 0.738. The van der Waals surface area contributed by atoms with Crippen LogP contribution in [-0.4, -0.2) is 11.6 Å². The molecular weight excluding hydrogens is 1750 g/mol. The van der Waals surface area contributed by atoms with Crippen LogP contribution in [0.15, 0.2) is 400 Å². The minimum Gasteiger partial charge on any atom is -0.308 e. The number of carbonyl (C=O) groups is 2. The summed E-state index contributed by atoms with van der Waals surface area (Å²) in [5.41, 5.74) is 0. The molecule has 0 radical (unpaired) electrons. The molecule has 0 saturated heterocycles. The van der Waals surface area contributed by atoms with Gasteiger partial charge in [0.05, 0.1) is 52.9 Å². The Morgan fingerprint density at radius 3 is 0.440 bits per heavy atom. The van der Waals surface area contributed by atoms with E-state index in [1.54, 1.807) is 0 Å². The van der Waals surface area contributed by atoms with E-state index in [1.165, 1.54) is 91.3 Å². The van der Waals surface area contributed by atoms with E-state index in [1.807, 2.05) is 36.4 Å². The largest absolute Gasteiger partial charge is 1.00 e. The van der Waals surface area contributed by atoms with Gasteiger partial charge in [0.1, 0.15) is 75.2 Å². The molecule has 0 fully saturated rings. The van der Waals surface area contributed by atoms with Crippen LogP contribution in [0.1, 0.15) is 27.7 Å². The third-order valence-corrected chi connectivity index (χ3v) is 35.1. The molecule has 0 aliphatic carbocycles. The SMILES string of the molecule is CC(C)=O.CC(C)=O.F[P-](F)(F)(F)(F)F.F[P-](F)(F)(F)(F)F.O=P(c1ccccc1)(c1ccccc1[PH+](c1ccccc1)c1ccccc1)c1ccccc1[PH+](c1ccccc1)c1ccccc1.O=P(c1ccccc1)(c1ccccc1[PH+](c1ccccc1)c1ccccc1)c1ccccc1[PH+](c1ccccc1)c1ccccc1.[Cu+].[Cu+]. The van der Waals surface area contributed by atoms with Crippen LogP contribution < -0.4 is 95.5 Å². The Hall–Kier alpha value is -8.34. The van der Waals surface area contributed by atoms with Gasteiger partial charge in [-0.2, -0.15) is 0 Å². The fourth-order valence-corrected chi connectivity index (χ4v) is 32.0.